The van der Waals surface area contributed by atoms with Crippen molar-refractivity contribution in [2.24, 2.45) is 5.92 Å². The van der Waals surface area contributed by atoms with Gasteiger partial charge in [0.05, 0.1) is 11.6 Å². The van der Waals surface area contributed by atoms with Gasteiger partial charge in [-0.1, -0.05) is 0 Å². The molecule has 2 aliphatic heterocycles. The van der Waals surface area contributed by atoms with E-state index in [1.807, 2.05) is 4.90 Å². The van der Waals surface area contributed by atoms with Crippen LogP contribution in [-0.2, 0) is 15.8 Å². The number of nitrogens with zero attached hydrogens (tertiary/aromatic N) is 5. The molecular weight excluding hydrogens is 411 g/mol. The van der Waals surface area contributed by atoms with Crippen LogP contribution in [0.1, 0.15) is 55.1 Å². The molecule has 166 valence electrons. The highest BCUT2D eigenvalue weighted by molar-refractivity contribution is 5.89. The third kappa shape index (κ3) is 3.76. The fourth-order valence-electron chi connectivity index (χ4n) is 4.81. The lowest BCUT2D eigenvalue weighted by Crippen LogP contribution is -2.42. The molecule has 1 atom stereocenters. The number of hydrogen-bond acceptors (Lipinski definition) is 4. The molecule has 0 N–H and O–H groups in total. The fraction of sp³-hybridized carbons (Fsp3) is 0.619. The van der Waals surface area contributed by atoms with Gasteiger partial charge in [0, 0.05) is 49.8 Å². The topological polar surface area (TPSA) is 70.8 Å². The van der Waals surface area contributed by atoms with E-state index in [4.69, 9.17) is 0 Å². The van der Waals surface area contributed by atoms with Crippen LogP contribution in [-0.4, -0.2) is 61.9 Å². The van der Waals surface area contributed by atoms with Crippen molar-refractivity contribution in [3.8, 4) is 0 Å². The number of aryl methyl sites for hydroxylation is 1. The molecule has 4 heterocycles. The second-order valence-electron chi connectivity index (χ2n) is 8.90. The number of carbonyl (C=O) groups is 2. The van der Waals surface area contributed by atoms with Crippen LogP contribution in [0.5, 0.6) is 0 Å². The van der Waals surface area contributed by atoms with E-state index in [1.165, 1.54) is 0 Å². The first-order valence-electron chi connectivity index (χ1n) is 10.7. The largest absolute Gasteiger partial charge is 0.433 e. The van der Waals surface area contributed by atoms with Crippen molar-refractivity contribution in [2.45, 2.75) is 57.2 Å². The summed E-state index contributed by atoms with van der Waals surface area (Å²) in [6.45, 7) is 3.06. The summed E-state index contributed by atoms with van der Waals surface area (Å²) in [5.74, 6) is -0.408. The molecule has 0 radical (unpaired) electrons. The summed E-state index contributed by atoms with van der Waals surface area (Å²) >= 11 is 0. The van der Waals surface area contributed by atoms with Crippen molar-refractivity contribution in [1.82, 2.24) is 24.4 Å². The Morgan fingerprint density at radius 1 is 1.13 bits per heavy atom. The number of halogens is 3. The van der Waals surface area contributed by atoms with Crippen LogP contribution < -0.4 is 0 Å². The third-order valence-electron chi connectivity index (χ3n) is 6.58. The average molecular weight is 435 g/mol. The highest BCUT2D eigenvalue weighted by Crippen LogP contribution is 2.36. The van der Waals surface area contributed by atoms with Crippen LogP contribution in [0.3, 0.4) is 0 Å². The minimum atomic E-state index is -4.53. The van der Waals surface area contributed by atoms with E-state index < -0.39 is 11.9 Å². The Bertz CT molecular complexity index is 1040. The number of rotatable bonds is 3. The van der Waals surface area contributed by atoms with Gasteiger partial charge in [-0.2, -0.15) is 18.3 Å². The monoisotopic (exact) mass is 435 g/mol. The summed E-state index contributed by atoms with van der Waals surface area (Å²) in [5, 5.41) is 3.92. The summed E-state index contributed by atoms with van der Waals surface area (Å²) < 4.78 is 41.5. The maximum absolute atomic E-state index is 13.6. The molecule has 2 amide bonds. The van der Waals surface area contributed by atoms with Crippen LogP contribution in [0.2, 0.25) is 0 Å². The van der Waals surface area contributed by atoms with Crippen LogP contribution in [0.15, 0.2) is 12.1 Å². The van der Waals surface area contributed by atoms with E-state index in [9.17, 15) is 22.8 Å². The number of fused-ring (bicyclic) bond motifs is 1. The van der Waals surface area contributed by atoms with E-state index >= 15 is 0 Å². The third-order valence-corrected chi connectivity index (χ3v) is 6.58. The normalized spacial score (nSPS) is 23.2. The van der Waals surface area contributed by atoms with Crippen molar-refractivity contribution < 1.29 is 22.8 Å². The van der Waals surface area contributed by atoms with Crippen molar-refractivity contribution in [2.75, 3.05) is 19.6 Å². The number of likely N-dealkylation sites (tertiary alicyclic amines) is 2. The molecule has 10 heteroatoms. The second kappa shape index (κ2) is 7.20. The van der Waals surface area contributed by atoms with Crippen molar-refractivity contribution in [3.63, 3.8) is 0 Å². The molecule has 1 saturated carbocycles. The van der Waals surface area contributed by atoms with E-state index in [0.717, 1.165) is 23.4 Å². The molecule has 1 aliphatic carbocycles. The van der Waals surface area contributed by atoms with Crippen molar-refractivity contribution in [3.05, 3.63) is 29.2 Å². The molecule has 5 rings (SSSR count). The summed E-state index contributed by atoms with van der Waals surface area (Å²) in [5.41, 5.74) is 0.221. The molecule has 3 fully saturated rings. The molecule has 3 aliphatic rings. The first-order chi connectivity index (χ1) is 14.7. The smallest absolute Gasteiger partial charge is 0.342 e. The number of piperidine rings is 1. The standard InChI is InChI=1S/C21H24F3N5O2/c1-12-8-18-25-16(10-17(21(22,23)24)29(18)26-12)13-4-6-27(7-5-13)20(31)14-9-19(30)28(11-14)15-2-3-15/h8,10,13-15H,2-7,9,11H2,1H3/t14-/m0/s1. The van der Waals surface area contributed by atoms with Gasteiger partial charge in [-0.15, -0.1) is 0 Å². The fourth-order valence-corrected chi connectivity index (χ4v) is 4.81. The Balaban J connectivity index is 1.29. The molecule has 2 aromatic heterocycles. The average Bonchev–Trinajstić information content (AvgIpc) is 3.38. The highest BCUT2D eigenvalue weighted by Gasteiger charge is 2.43. The minimum Gasteiger partial charge on any atom is -0.342 e. The van der Waals surface area contributed by atoms with Crippen LogP contribution >= 0.6 is 0 Å². The predicted octanol–water partition coefficient (Wildman–Crippen LogP) is 2.77. The van der Waals surface area contributed by atoms with Gasteiger partial charge in [-0.05, 0) is 38.7 Å². The Morgan fingerprint density at radius 2 is 1.84 bits per heavy atom. The first-order valence-corrected chi connectivity index (χ1v) is 10.7. The lowest BCUT2D eigenvalue weighted by Gasteiger charge is -2.33. The number of alkyl halides is 3. The zero-order valence-electron chi connectivity index (χ0n) is 17.2. The molecule has 2 aromatic rings. The molecule has 0 spiro atoms. The second-order valence-corrected chi connectivity index (χ2v) is 8.90. The van der Waals surface area contributed by atoms with Crippen LogP contribution in [0.25, 0.3) is 5.65 Å². The molecular formula is C21H24F3N5O2. The molecule has 0 bridgehead atoms. The minimum absolute atomic E-state index is 0.0132. The van der Waals surface area contributed by atoms with Crippen molar-refractivity contribution in [1.29, 1.82) is 0 Å². The van der Waals surface area contributed by atoms with E-state index in [1.54, 1.807) is 17.9 Å². The van der Waals surface area contributed by atoms with Gasteiger partial charge >= 0.3 is 6.18 Å². The summed E-state index contributed by atoms with van der Waals surface area (Å²) in [6.07, 6.45) is -1.13. The van der Waals surface area contributed by atoms with E-state index in [0.29, 0.717) is 49.9 Å². The highest BCUT2D eigenvalue weighted by atomic mass is 19.4. The Kier molecular flexibility index (Phi) is 4.71. The van der Waals surface area contributed by atoms with E-state index in [-0.39, 0.29) is 35.7 Å². The molecule has 7 nitrogen and oxygen atoms in total. The summed E-state index contributed by atoms with van der Waals surface area (Å²) in [7, 11) is 0. The zero-order chi connectivity index (χ0) is 21.9. The van der Waals surface area contributed by atoms with Gasteiger partial charge in [0.15, 0.2) is 5.65 Å². The van der Waals surface area contributed by atoms with Gasteiger partial charge in [0.2, 0.25) is 11.8 Å². The Morgan fingerprint density at radius 3 is 2.48 bits per heavy atom. The summed E-state index contributed by atoms with van der Waals surface area (Å²) in [6, 6.07) is 2.94. The van der Waals surface area contributed by atoms with Gasteiger partial charge < -0.3 is 9.80 Å². The maximum atomic E-state index is 13.6. The number of carbonyl (C=O) groups excluding carboxylic acids is 2. The molecule has 2 saturated heterocycles. The molecule has 0 aromatic carbocycles. The van der Waals surface area contributed by atoms with Crippen molar-refractivity contribution >= 4 is 17.5 Å². The zero-order valence-corrected chi connectivity index (χ0v) is 17.2. The first kappa shape index (κ1) is 20.3. The summed E-state index contributed by atoms with van der Waals surface area (Å²) in [4.78, 5) is 33.1. The number of aromatic nitrogens is 3. The lowest BCUT2D eigenvalue weighted by atomic mass is 9.92. The van der Waals surface area contributed by atoms with Gasteiger partial charge in [-0.25, -0.2) is 9.50 Å². The lowest BCUT2D eigenvalue weighted by molar-refractivity contribution is -0.142. The molecule has 31 heavy (non-hydrogen) atoms. The number of amides is 2. The molecule has 0 unspecified atom stereocenters. The predicted molar refractivity (Wildman–Crippen MR) is 104 cm³/mol. The van der Waals surface area contributed by atoms with Crippen LogP contribution in [0.4, 0.5) is 13.2 Å². The Labute approximate surface area is 177 Å². The van der Waals surface area contributed by atoms with Gasteiger partial charge in [0.1, 0.15) is 5.69 Å². The maximum Gasteiger partial charge on any atom is 0.433 e. The number of hydrogen-bond donors (Lipinski definition) is 0. The van der Waals surface area contributed by atoms with Crippen LogP contribution in [0, 0.1) is 12.8 Å². The van der Waals surface area contributed by atoms with Gasteiger partial charge in [-0.3, -0.25) is 9.59 Å². The SMILES string of the molecule is Cc1cc2nc(C3CCN(C(=O)[C@H]4CC(=O)N(C5CC5)C4)CC3)cc(C(F)(F)F)n2n1. The quantitative estimate of drug-likeness (QED) is 0.744. The van der Waals surface area contributed by atoms with E-state index in [2.05, 4.69) is 10.1 Å². The Hall–Kier alpha value is -2.65. The van der Waals surface area contributed by atoms with Gasteiger partial charge in [0.25, 0.3) is 0 Å².